The molecule has 0 aliphatic heterocycles. The normalized spacial score (nSPS) is 12.8. The Kier molecular flexibility index (Phi) is 5.40. The molecule has 4 nitrogen and oxygen atoms in total. The number of nitrogens with zero attached hydrogens (tertiary/aromatic N) is 2. The molecule has 1 heterocycles. The van der Waals surface area contributed by atoms with Gasteiger partial charge in [-0.05, 0) is 48.5 Å². The fourth-order valence-electron chi connectivity index (χ4n) is 1.47. The second kappa shape index (κ2) is 6.34. The molecule has 0 aromatic carbocycles. The molecule has 0 saturated carbocycles. The van der Waals surface area contributed by atoms with Gasteiger partial charge >= 0.3 is 0 Å². The van der Waals surface area contributed by atoms with Crippen LogP contribution in [0.4, 0.5) is 0 Å². The lowest BCUT2D eigenvalue weighted by molar-refractivity contribution is 0.439. The number of hydrogen-bond acceptors (Lipinski definition) is 3. The summed E-state index contributed by atoms with van der Waals surface area (Å²) in [5.41, 5.74) is 0.873. The summed E-state index contributed by atoms with van der Waals surface area (Å²) in [6, 6.07) is 0. The third-order valence-electron chi connectivity index (χ3n) is 2.41. The first kappa shape index (κ1) is 13.6. The van der Waals surface area contributed by atoms with Gasteiger partial charge in [-0.2, -0.15) is 0 Å². The van der Waals surface area contributed by atoms with Crippen LogP contribution in [0, 0.1) is 16.4 Å². The Labute approximate surface area is 110 Å². The van der Waals surface area contributed by atoms with Crippen molar-refractivity contribution in [1.29, 1.82) is 0 Å². The Bertz CT molecular complexity index is 403. The molecule has 0 aliphatic rings. The van der Waals surface area contributed by atoms with Gasteiger partial charge in [0.25, 0.3) is 5.56 Å². The van der Waals surface area contributed by atoms with Crippen LogP contribution < -0.4 is 10.9 Å². The molecule has 0 aliphatic carbocycles. The molecule has 1 N–H and O–H groups in total. The maximum atomic E-state index is 11.9. The van der Waals surface area contributed by atoms with Crippen LogP contribution in [0.2, 0.25) is 0 Å². The molecule has 0 saturated heterocycles. The zero-order valence-electron chi connectivity index (χ0n) is 9.96. The topological polar surface area (TPSA) is 46.9 Å². The van der Waals surface area contributed by atoms with Gasteiger partial charge in [-0.3, -0.25) is 9.36 Å². The standard InChI is InChI=1S/C11H18IN3O/c1-4-13-5-8(2)6-15-7-14-9(3)10(12)11(15)16/h7-8,13H,4-6H2,1-3H3. The second-order valence-corrected chi connectivity index (χ2v) is 5.09. The average Bonchev–Trinajstić information content (AvgIpc) is 2.27. The summed E-state index contributed by atoms with van der Waals surface area (Å²) in [5, 5.41) is 3.28. The summed E-state index contributed by atoms with van der Waals surface area (Å²) in [4.78, 5) is 16.1. The average molecular weight is 335 g/mol. The lowest BCUT2D eigenvalue weighted by Crippen LogP contribution is -2.30. The second-order valence-electron chi connectivity index (χ2n) is 4.01. The van der Waals surface area contributed by atoms with Gasteiger partial charge in [0, 0.05) is 6.54 Å². The summed E-state index contributed by atoms with van der Waals surface area (Å²) in [5.74, 6) is 0.429. The molecular weight excluding hydrogens is 317 g/mol. The van der Waals surface area contributed by atoms with Crippen LogP contribution in [0.3, 0.4) is 0 Å². The van der Waals surface area contributed by atoms with E-state index >= 15 is 0 Å². The van der Waals surface area contributed by atoms with Gasteiger partial charge in [0.05, 0.1) is 15.6 Å². The number of rotatable bonds is 5. The van der Waals surface area contributed by atoms with Crippen LogP contribution in [0.1, 0.15) is 19.5 Å². The van der Waals surface area contributed by atoms with Crippen molar-refractivity contribution in [1.82, 2.24) is 14.9 Å². The zero-order valence-corrected chi connectivity index (χ0v) is 12.1. The summed E-state index contributed by atoms with van der Waals surface area (Å²) in [6.45, 7) is 8.66. The minimum atomic E-state index is 0.0662. The Morgan fingerprint density at radius 1 is 1.62 bits per heavy atom. The number of halogens is 1. The summed E-state index contributed by atoms with van der Waals surface area (Å²) in [6.07, 6.45) is 1.64. The number of hydrogen-bond donors (Lipinski definition) is 1. The van der Waals surface area contributed by atoms with Gasteiger partial charge in [-0.25, -0.2) is 4.98 Å². The Hall–Kier alpha value is -0.430. The molecule has 1 rings (SSSR count). The fraction of sp³-hybridized carbons (Fsp3) is 0.636. The van der Waals surface area contributed by atoms with Gasteiger partial charge < -0.3 is 5.32 Å². The third-order valence-corrected chi connectivity index (χ3v) is 3.65. The predicted molar refractivity (Wildman–Crippen MR) is 73.7 cm³/mol. The van der Waals surface area contributed by atoms with Gasteiger partial charge in [-0.1, -0.05) is 13.8 Å². The SMILES string of the molecule is CCNCC(C)Cn1cnc(C)c(I)c1=O. The van der Waals surface area contributed by atoms with Crippen molar-refractivity contribution < 1.29 is 0 Å². The van der Waals surface area contributed by atoms with Crippen molar-refractivity contribution in [2.24, 2.45) is 5.92 Å². The highest BCUT2D eigenvalue weighted by Crippen LogP contribution is 2.03. The van der Waals surface area contributed by atoms with Crippen LogP contribution in [0.5, 0.6) is 0 Å². The van der Waals surface area contributed by atoms with Crippen LogP contribution in [0.15, 0.2) is 11.1 Å². The molecule has 1 aromatic heterocycles. The number of aromatic nitrogens is 2. The van der Waals surface area contributed by atoms with E-state index in [1.807, 2.05) is 6.92 Å². The van der Waals surface area contributed by atoms with Crippen molar-refractivity contribution in [2.45, 2.75) is 27.3 Å². The predicted octanol–water partition coefficient (Wildman–Crippen LogP) is 1.40. The largest absolute Gasteiger partial charge is 0.317 e. The summed E-state index contributed by atoms with van der Waals surface area (Å²) >= 11 is 2.06. The lowest BCUT2D eigenvalue weighted by Gasteiger charge is -2.13. The van der Waals surface area contributed by atoms with Crippen molar-refractivity contribution in [3.8, 4) is 0 Å². The first-order chi connectivity index (χ1) is 7.56. The van der Waals surface area contributed by atoms with E-state index in [4.69, 9.17) is 0 Å². The summed E-state index contributed by atoms with van der Waals surface area (Å²) < 4.78 is 2.41. The zero-order chi connectivity index (χ0) is 12.1. The van der Waals surface area contributed by atoms with Gasteiger partial charge in [0.1, 0.15) is 0 Å². The van der Waals surface area contributed by atoms with Gasteiger partial charge in [0.15, 0.2) is 0 Å². The Morgan fingerprint density at radius 2 is 2.31 bits per heavy atom. The molecule has 90 valence electrons. The van der Waals surface area contributed by atoms with Crippen molar-refractivity contribution in [3.63, 3.8) is 0 Å². The first-order valence-corrected chi connectivity index (χ1v) is 6.56. The Morgan fingerprint density at radius 3 is 2.94 bits per heavy atom. The lowest BCUT2D eigenvalue weighted by atomic mass is 10.2. The fourth-order valence-corrected chi connectivity index (χ4v) is 1.92. The van der Waals surface area contributed by atoms with Crippen molar-refractivity contribution >= 4 is 22.6 Å². The molecule has 0 spiro atoms. The molecular formula is C11H18IN3O. The highest BCUT2D eigenvalue weighted by atomic mass is 127. The molecule has 0 bridgehead atoms. The Balaban J connectivity index is 2.75. The quantitative estimate of drug-likeness (QED) is 0.828. The van der Waals surface area contributed by atoms with Crippen molar-refractivity contribution in [3.05, 3.63) is 25.9 Å². The maximum Gasteiger partial charge on any atom is 0.267 e. The van der Waals surface area contributed by atoms with E-state index in [0.29, 0.717) is 5.92 Å². The van der Waals surface area contributed by atoms with E-state index < -0.39 is 0 Å². The van der Waals surface area contributed by atoms with E-state index in [1.54, 1.807) is 10.9 Å². The van der Waals surface area contributed by atoms with E-state index in [-0.39, 0.29) is 5.56 Å². The van der Waals surface area contributed by atoms with E-state index in [9.17, 15) is 4.79 Å². The highest BCUT2D eigenvalue weighted by Gasteiger charge is 2.08. The molecule has 0 amide bonds. The van der Waals surface area contributed by atoms with Gasteiger partial charge in [0.2, 0.25) is 0 Å². The van der Waals surface area contributed by atoms with Crippen LogP contribution in [-0.2, 0) is 6.54 Å². The maximum absolute atomic E-state index is 11.9. The summed E-state index contributed by atoms with van der Waals surface area (Å²) in [7, 11) is 0. The van der Waals surface area contributed by atoms with Crippen LogP contribution in [-0.4, -0.2) is 22.6 Å². The molecule has 1 aromatic rings. The molecule has 0 radical (unpaired) electrons. The minimum absolute atomic E-state index is 0.0662. The first-order valence-electron chi connectivity index (χ1n) is 5.48. The van der Waals surface area contributed by atoms with Crippen molar-refractivity contribution in [2.75, 3.05) is 13.1 Å². The van der Waals surface area contributed by atoms with Crippen LogP contribution >= 0.6 is 22.6 Å². The molecule has 1 atom stereocenters. The van der Waals surface area contributed by atoms with E-state index in [0.717, 1.165) is 28.9 Å². The van der Waals surface area contributed by atoms with Crippen LogP contribution in [0.25, 0.3) is 0 Å². The van der Waals surface area contributed by atoms with Gasteiger partial charge in [-0.15, -0.1) is 0 Å². The minimum Gasteiger partial charge on any atom is -0.317 e. The van der Waals surface area contributed by atoms with E-state index in [1.165, 1.54) is 0 Å². The smallest absolute Gasteiger partial charge is 0.267 e. The molecule has 5 heteroatoms. The number of aryl methyl sites for hydroxylation is 1. The molecule has 16 heavy (non-hydrogen) atoms. The monoisotopic (exact) mass is 335 g/mol. The highest BCUT2D eigenvalue weighted by molar-refractivity contribution is 14.1. The molecule has 0 fully saturated rings. The number of nitrogens with one attached hydrogen (secondary N) is 1. The van der Waals surface area contributed by atoms with E-state index in [2.05, 4.69) is 46.7 Å². The third kappa shape index (κ3) is 3.55. The molecule has 1 unspecified atom stereocenters.